The Labute approximate surface area is 200 Å². The van der Waals surface area contributed by atoms with Crippen LogP contribution in [0.25, 0.3) is 0 Å². The van der Waals surface area contributed by atoms with Crippen LogP contribution in [-0.2, 0) is 0 Å². The molecule has 0 unspecified atom stereocenters. The second-order valence-corrected chi connectivity index (χ2v) is 6.92. The van der Waals surface area contributed by atoms with Gasteiger partial charge in [0.05, 0.1) is 42.7 Å². The molecule has 3 aromatic carbocycles. The van der Waals surface area contributed by atoms with Crippen molar-refractivity contribution in [1.29, 1.82) is 0 Å². The average molecular weight is 459 g/mol. The number of methoxy groups -OCH3 is 6. The predicted octanol–water partition coefficient (Wildman–Crippen LogP) is 4.54. The van der Waals surface area contributed by atoms with Crippen molar-refractivity contribution in [3.63, 3.8) is 0 Å². The summed E-state index contributed by atoms with van der Waals surface area (Å²) in [4.78, 5) is 0. The van der Waals surface area contributed by atoms with Gasteiger partial charge in [-0.05, 0) is 30.3 Å². The fraction of sp³-hybridized carbons (Fsp3) is 0.214. The van der Waals surface area contributed by atoms with E-state index >= 15 is 0 Å². The molecule has 0 aromatic heterocycles. The van der Waals surface area contributed by atoms with Gasteiger partial charge in [-0.2, -0.15) is 0 Å². The van der Waals surface area contributed by atoms with Crippen LogP contribution in [0.5, 0.6) is 34.5 Å². The van der Waals surface area contributed by atoms with E-state index in [-0.39, 0.29) is 0 Å². The largest absolute Gasteiger partial charge is 0.497 e. The van der Waals surface area contributed by atoms with Crippen LogP contribution in [0.15, 0.2) is 48.5 Å². The van der Waals surface area contributed by atoms with Crippen molar-refractivity contribution >= 4 is 0 Å². The summed E-state index contributed by atoms with van der Waals surface area (Å²) in [5.41, 5.74) is 2.89. The van der Waals surface area contributed by atoms with Crippen LogP contribution in [-0.4, -0.2) is 42.7 Å². The Morgan fingerprint density at radius 3 is 1.35 bits per heavy atom. The Morgan fingerprint density at radius 2 is 0.882 bits per heavy atom. The highest BCUT2D eigenvalue weighted by molar-refractivity contribution is 5.61. The third-order valence-electron chi connectivity index (χ3n) is 4.94. The van der Waals surface area contributed by atoms with E-state index in [2.05, 4.69) is 23.7 Å². The van der Waals surface area contributed by atoms with Gasteiger partial charge in [-0.3, -0.25) is 0 Å². The lowest BCUT2D eigenvalue weighted by Crippen LogP contribution is -1.95. The minimum Gasteiger partial charge on any atom is -0.497 e. The van der Waals surface area contributed by atoms with Crippen molar-refractivity contribution in [2.45, 2.75) is 0 Å². The first kappa shape index (κ1) is 24.2. The quantitative estimate of drug-likeness (QED) is 0.506. The molecule has 3 rings (SSSR count). The van der Waals surface area contributed by atoms with Crippen LogP contribution in [0.2, 0.25) is 0 Å². The lowest BCUT2D eigenvalue weighted by atomic mass is 10.0. The second-order valence-electron chi connectivity index (χ2n) is 6.92. The molecule has 6 heteroatoms. The van der Waals surface area contributed by atoms with E-state index in [0.717, 1.165) is 11.1 Å². The highest BCUT2D eigenvalue weighted by Gasteiger charge is 2.09. The van der Waals surface area contributed by atoms with Gasteiger partial charge in [0.15, 0.2) is 23.0 Å². The normalized spacial score (nSPS) is 9.59. The molecule has 0 aliphatic rings. The minimum atomic E-state index is 0.562. The van der Waals surface area contributed by atoms with Crippen molar-refractivity contribution in [1.82, 2.24) is 0 Å². The molecule has 0 aliphatic heterocycles. The van der Waals surface area contributed by atoms with Crippen molar-refractivity contribution in [3.05, 3.63) is 70.8 Å². The van der Waals surface area contributed by atoms with Crippen molar-refractivity contribution in [2.75, 3.05) is 42.7 Å². The minimum absolute atomic E-state index is 0.562. The number of ether oxygens (including phenoxy) is 6. The lowest BCUT2D eigenvalue weighted by molar-refractivity contribution is 0.355. The summed E-state index contributed by atoms with van der Waals surface area (Å²) in [6, 6.07) is 14.6. The molecule has 0 fully saturated rings. The summed E-state index contributed by atoms with van der Waals surface area (Å²) in [5.74, 6) is 16.4. The molecule has 34 heavy (non-hydrogen) atoms. The first-order valence-electron chi connectivity index (χ1n) is 10.3. The molecule has 0 spiro atoms. The molecule has 0 atom stereocenters. The van der Waals surface area contributed by atoms with E-state index in [1.165, 1.54) is 0 Å². The number of rotatable bonds is 6. The molecule has 0 amide bonds. The van der Waals surface area contributed by atoms with Gasteiger partial charge < -0.3 is 28.4 Å². The summed E-state index contributed by atoms with van der Waals surface area (Å²) in [6.45, 7) is 0. The summed E-state index contributed by atoms with van der Waals surface area (Å²) in [5, 5.41) is 0. The maximum absolute atomic E-state index is 5.46. The Kier molecular flexibility index (Phi) is 8.16. The van der Waals surface area contributed by atoms with Crippen LogP contribution in [0, 0.1) is 23.7 Å². The van der Waals surface area contributed by atoms with E-state index in [9.17, 15) is 0 Å². The number of hydrogen-bond donors (Lipinski definition) is 0. The molecule has 0 saturated carbocycles. The molecule has 0 N–H and O–H groups in total. The van der Waals surface area contributed by atoms with Gasteiger partial charge in [0.2, 0.25) is 0 Å². The van der Waals surface area contributed by atoms with Crippen LogP contribution in [0.3, 0.4) is 0 Å². The molecule has 0 heterocycles. The molecule has 0 radical (unpaired) electrons. The Balaban J connectivity index is 2.09. The van der Waals surface area contributed by atoms with Gasteiger partial charge in [0, 0.05) is 40.5 Å². The first-order chi connectivity index (χ1) is 16.5. The third kappa shape index (κ3) is 5.68. The summed E-state index contributed by atoms with van der Waals surface area (Å²) < 4.78 is 32.3. The highest BCUT2D eigenvalue weighted by atomic mass is 16.5. The zero-order chi connectivity index (χ0) is 24.5. The standard InChI is InChI=1S/C28H26O6/c1-29-23-13-20(14-24(18-23)30-2)8-11-22-17-28(34-6)27(33-5)16-21(22)10-7-19-9-12-25(31-3)26(15-19)32-4/h9,12-18H,1-6H3. The molecular formula is C28H26O6. The van der Waals surface area contributed by atoms with Gasteiger partial charge in [-0.15, -0.1) is 0 Å². The highest BCUT2D eigenvalue weighted by Crippen LogP contribution is 2.31. The van der Waals surface area contributed by atoms with Crippen LogP contribution in [0.4, 0.5) is 0 Å². The molecule has 174 valence electrons. The zero-order valence-corrected chi connectivity index (χ0v) is 20.1. The second kappa shape index (κ2) is 11.4. The maximum Gasteiger partial charge on any atom is 0.162 e. The molecule has 6 nitrogen and oxygen atoms in total. The monoisotopic (exact) mass is 458 g/mol. The average Bonchev–Trinajstić information content (AvgIpc) is 2.89. The van der Waals surface area contributed by atoms with E-state index < -0.39 is 0 Å². The predicted molar refractivity (Wildman–Crippen MR) is 131 cm³/mol. The third-order valence-corrected chi connectivity index (χ3v) is 4.94. The van der Waals surface area contributed by atoms with E-state index in [1.807, 2.05) is 42.5 Å². The van der Waals surface area contributed by atoms with Crippen LogP contribution < -0.4 is 28.4 Å². The van der Waals surface area contributed by atoms with Crippen LogP contribution >= 0.6 is 0 Å². The van der Waals surface area contributed by atoms with E-state index in [4.69, 9.17) is 28.4 Å². The Hall–Kier alpha value is -4.42. The SMILES string of the molecule is COc1cc(C#Cc2cc(OC)c(OC)cc2C#Cc2ccc(OC)c(OC)c2)cc(OC)c1. The smallest absolute Gasteiger partial charge is 0.162 e. The van der Waals surface area contributed by atoms with Crippen molar-refractivity contribution in [3.8, 4) is 58.2 Å². The maximum atomic E-state index is 5.46. The summed E-state index contributed by atoms with van der Waals surface area (Å²) in [7, 11) is 9.54. The first-order valence-corrected chi connectivity index (χ1v) is 10.3. The van der Waals surface area contributed by atoms with E-state index in [1.54, 1.807) is 48.7 Å². The lowest BCUT2D eigenvalue weighted by Gasteiger charge is -2.09. The molecule has 0 saturated heterocycles. The van der Waals surface area contributed by atoms with Gasteiger partial charge in [0.1, 0.15) is 11.5 Å². The fourth-order valence-corrected chi connectivity index (χ4v) is 3.16. The van der Waals surface area contributed by atoms with Gasteiger partial charge in [-0.1, -0.05) is 23.7 Å². The van der Waals surface area contributed by atoms with Crippen molar-refractivity contribution in [2.24, 2.45) is 0 Å². The van der Waals surface area contributed by atoms with Crippen molar-refractivity contribution < 1.29 is 28.4 Å². The molecule has 0 bridgehead atoms. The summed E-state index contributed by atoms with van der Waals surface area (Å²) >= 11 is 0. The van der Waals surface area contributed by atoms with Crippen LogP contribution in [0.1, 0.15) is 22.3 Å². The topological polar surface area (TPSA) is 55.4 Å². The van der Waals surface area contributed by atoms with Gasteiger partial charge >= 0.3 is 0 Å². The Bertz CT molecular complexity index is 1270. The van der Waals surface area contributed by atoms with Gasteiger partial charge in [-0.25, -0.2) is 0 Å². The van der Waals surface area contributed by atoms with Gasteiger partial charge in [0.25, 0.3) is 0 Å². The summed E-state index contributed by atoms with van der Waals surface area (Å²) in [6.07, 6.45) is 0. The molecule has 3 aromatic rings. The molecule has 0 aliphatic carbocycles. The van der Waals surface area contributed by atoms with E-state index in [0.29, 0.717) is 45.6 Å². The fourth-order valence-electron chi connectivity index (χ4n) is 3.16. The zero-order valence-electron chi connectivity index (χ0n) is 20.1. The molecular weight excluding hydrogens is 432 g/mol. The number of hydrogen-bond acceptors (Lipinski definition) is 6. The Morgan fingerprint density at radius 1 is 0.412 bits per heavy atom. The number of benzene rings is 3.